The molecule has 2 N–H and O–H groups in total. The molecule has 2 nitrogen and oxygen atoms in total. The highest BCUT2D eigenvalue weighted by Crippen LogP contribution is 2.20. The van der Waals surface area contributed by atoms with Crippen LogP contribution in [0, 0.1) is 13.8 Å². The fraction of sp³-hybridized carbons (Fsp3) is 0.368. The molecule has 0 aliphatic carbocycles. The van der Waals surface area contributed by atoms with Crippen LogP contribution in [0.5, 0.6) is 0 Å². The highest BCUT2D eigenvalue weighted by Gasteiger charge is 2.07. The Morgan fingerprint density at radius 3 is 2.05 bits per heavy atom. The molecule has 112 valence electrons. The summed E-state index contributed by atoms with van der Waals surface area (Å²) in [6, 6.07) is 15.4. The standard InChI is InChI=1S/C19H26N2/c1-4-9-21(19-7-5-17(13-20)6-8-19)14-18-11-15(2)10-16(3)12-18/h5-8,10-12H,4,9,13-14,20H2,1-3H3. The number of hydrogen-bond acceptors (Lipinski definition) is 2. The lowest BCUT2D eigenvalue weighted by molar-refractivity contribution is 0.766. The van der Waals surface area contributed by atoms with Gasteiger partial charge in [-0.25, -0.2) is 0 Å². The molecule has 0 fully saturated rings. The third-order valence-electron chi connectivity index (χ3n) is 3.69. The molecule has 0 aliphatic rings. The minimum atomic E-state index is 0.602. The fourth-order valence-corrected chi connectivity index (χ4v) is 2.79. The third-order valence-corrected chi connectivity index (χ3v) is 3.69. The molecule has 2 rings (SSSR count). The minimum Gasteiger partial charge on any atom is -0.367 e. The molecular formula is C19H26N2. The van der Waals surface area contributed by atoms with Gasteiger partial charge in [-0.1, -0.05) is 48.4 Å². The largest absolute Gasteiger partial charge is 0.367 e. The van der Waals surface area contributed by atoms with Crippen LogP contribution in [0.4, 0.5) is 5.69 Å². The van der Waals surface area contributed by atoms with E-state index in [1.165, 1.54) is 27.9 Å². The van der Waals surface area contributed by atoms with Crippen LogP contribution in [-0.4, -0.2) is 6.54 Å². The van der Waals surface area contributed by atoms with Crippen molar-refractivity contribution in [2.75, 3.05) is 11.4 Å². The van der Waals surface area contributed by atoms with Gasteiger partial charge >= 0.3 is 0 Å². The Kier molecular flexibility index (Phi) is 5.40. The lowest BCUT2D eigenvalue weighted by Gasteiger charge is -2.25. The Balaban J connectivity index is 2.21. The van der Waals surface area contributed by atoms with E-state index in [-0.39, 0.29) is 0 Å². The molecule has 2 aromatic carbocycles. The maximum atomic E-state index is 5.68. The Morgan fingerprint density at radius 1 is 0.905 bits per heavy atom. The van der Waals surface area contributed by atoms with Gasteiger partial charge in [0.1, 0.15) is 0 Å². The van der Waals surface area contributed by atoms with Gasteiger partial charge in [-0.2, -0.15) is 0 Å². The smallest absolute Gasteiger partial charge is 0.0429 e. The second-order valence-electron chi connectivity index (χ2n) is 5.79. The van der Waals surface area contributed by atoms with Crippen LogP contribution in [0.15, 0.2) is 42.5 Å². The van der Waals surface area contributed by atoms with Gasteiger partial charge in [0.25, 0.3) is 0 Å². The van der Waals surface area contributed by atoms with Gasteiger partial charge in [0.15, 0.2) is 0 Å². The maximum Gasteiger partial charge on any atom is 0.0429 e. The Hall–Kier alpha value is -1.80. The average molecular weight is 282 g/mol. The molecule has 0 spiro atoms. The first kappa shape index (κ1) is 15.6. The first-order valence-electron chi connectivity index (χ1n) is 7.73. The van der Waals surface area contributed by atoms with Crippen molar-refractivity contribution in [3.05, 3.63) is 64.7 Å². The van der Waals surface area contributed by atoms with E-state index in [4.69, 9.17) is 5.73 Å². The predicted molar refractivity (Wildman–Crippen MR) is 91.6 cm³/mol. The molecule has 0 saturated carbocycles. The maximum absolute atomic E-state index is 5.68. The average Bonchev–Trinajstić information content (AvgIpc) is 2.46. The van der Waals surface area contributed by atoms with Crippen molar-refractivity contribution in [1.29, 1.82) is 0 Å². The lowest BCUT2D eigenvalue weighted by Crippen LogP contribution is -2.23. The van der Waals surface area contributed by atoms with Crippen molar-refractivity contribution < 1.29 is 0 Å². The number of nitrogens with two attached hydrogens (primary N) is 1. The van der Waals surface area contributed by atoms with Gasteiger partial charge in [-0.3, -0.25) is 0 Å². The van der Waals surface area contributed by atoms with Crippen molar-refractivity contribution in [3.63, 3.8) is 0 Å². The molecule has 0 unspecified atom stereocenters. The van der Waals surface area contributed by atoms with E-state index >= 15 is 0 Å². The van der Waals surface area contributed by atoms with E-state index in [2.05, 4.69) is 68.1 Å². The van der Waals surface area contributed by atoms with Gasteiger partial charge in [0.2, 0.25) is 0 Å². The number of rotatable bonds is 6. The molecule has 0 amide bonds. The third kappa shape index (κ3) is 4.33. The van der Waals surface area contributed by atoms with Gasteiger partial charge in [-0.15, -0.1) is 0 Å². The molecular weight excluding hydrogens is 256 g/mol. The number of aryl methyl sites for hydroxylation is 2. The summed E-state index contributed by atoms with van der Waals surface area (Å²) in [4.78, 5) is 2.44. The topological polar surface area (TPSA) is 29.3 Å². The fourth-order valence-electron chi connectivity index (χ4n) is 2.79. The predicted octanol–water partition coefficient (Wildman–Crippen LogP) is 4.18. The summed E-state index contributed by atoms with van der Waals surface area (Å²) in [5.74, 6) is 0. The highest BCUT2D eigenvalue weighted by atomic mass is 15.1. The molecule has 0 bridgehead atoms. The van der Waals surface area contributed by atoms with Crippen LogP contribution in [0.1, 0.15) is 35.6 Å². The minimum absolute atomic E-state index is 0.602. The van der Waals surface area contributed by atoms with Crippen LogP contribution < -0.4 is 10.6 Å². The second kappa shape index (κ2) is 7.28. The van der Waals surface area contributed by atoms with E-state index in [0.717, 1.165) is 19.5 Å². The SMILES string of the molecule is CCCN(Cc1cc(C)cc(C)c1)c1ccc(CN)cc1. The second-order valence-corrected chi connectivity index (χ2v) is 5.79. The zero-order valence-corrected chi connectivity index (χ0v) is 13.4. The molecule has 2 aromatic rings. The molecule has 0 saturated heterocycles. The van der Waals surface area contributed by atoms with Gasteiger partial charge in [0.05, 0.1) is 0 Å². The van der Waals surface area contributed by atoms with Crippen molar-refractivity contribution in [2.45, 2.75) is 40.3 Å². The van der Waals surface area contributed by atoms with Crippen LogP contribution in [0.2, 0.25) is 0 Å². The molecule has 0 aromatic heterocycles. The molecule has 2 heteroatoms. The lowest BCUT2D eigenvalue weighted by atomic mass is 10.1. The first-order valence-corrected chi connectivity index (χ1v) is 7.73. The normalized spacial score (nSPS) is 10.7. The number of anilines is 1. The van der Waals surface area contributed by atoms with Crippen molar-refractivity contribution in [2.24, 2.45) is 5.73 Å². The van der Waals surface area contributed by atoms with Crippen molar-refractivity contribution in [1.82, 2.24) is 0 Å². The summed E-state index contributed by atoms with van der Waals surface area (Å²) in [6.45, 7) is 9.18. The summed E-state index contributed by atoms with van der Waals surface area (Å²) in [5.41, 5.74) is 12.2. The zero-order chi connectivity index (χ0) is 15.2. The monoisotopic (exact) mass is 282 g/mol. The number of nitrogens with zero attached hydrogens (tertiary/aromatic N) is 1. The number of benzene rings is 2. The van der Waals surface area contributed by atoms with Gasteiger partial charge in [0, 0.05) is 25.3 Å². The molecule has 21 heavy (non-hydrogen) atoms. The van der Waals surface area contributed by atoms with E-state index in [1.807, 2.05) is 0 Å². The summed E-state index contributed by atoms with van der Waals surface area (Å²) >= 11 is 0. The van der Waals surface area contributed by atoms with Gasteiger partial charge < -0.3 is 10.6 Å². The van der Waals surface area contributed by atoms with Crippen LogP contribution in [0.25, 0.3) is 0 Å². The summed E-state index contributed by atoms with van der Waals surface area (Å²) in [5, 5.41) is 0. The van der Waals surface area contributed by atoms with E-state index in [1.54, 1.807) is 0 Å². The summed E-state index contributed by atoms with van der Waals surface area (Å²) in [7, 11) is 0. The van der Waals surface area contributed by atoms with Crippen molar-refractivity contribution >= 4 is 5.69 Å². The van der Waals surface area contributed by atoms with E-state index in [0.29, 0.717) is 6.54 Å². The van der Waals surface area contributed by atoms with Crippen LogP contribution in [-0.2, 0) is 13.1 Å². The quantitative estimate of drug-likeness (QED) is 0.861. The first-order chi connectivity index (χ1) is 10.1. The summed E-state index contributed by atoms with van der Waals surface area (Å²) < 4.78 is 0. The van der Waals surface area contributed by atoms with Gasteiger partial charge in [-0.05, 0) is 43.5 Å². The molecule has 0 radical (unpaired) electrons. The Morgan fingerprint density at radius 2 is 1.52 bits per heavy atom. The van der Waals surface area contributed by atoms with Crippen LogP contribution in [0.3, 0.4) is 0 Å². The van der Waals surface area contributed by atoms with E-state index in [9.17, 15) is 0 Å². The van der Waals surface area contributed by atoms with Crippen LogP contribution >= 0.6 is 0 Å². The van der Waals surface area contributed by atoms with E-state index < -0.39 is 0 Å². The Bertz CT molecular complexity index is 552. The Labute approximate surface area is 128 Å². The summed E-state index contributed by atoms with van der Waals surface area (Å²) in [6.07, 6.45) is 1.14. The number of hydrogen-bond donors (Lipinski definition) is 1. The molecule has 0 atom stereocenters. The molecule has 0 aliphatic heterocycles. The zero-order valence-electron chi connectivity index (χ0n) is 13.4. The van der Waals surface area contributed by atoms with Crippen molar-refractivity contribution in [3.8, 4) is 0 Å². The highest BCUT2D eigenvalue weighted by molar-refractivity contribution is 5.48. The molecule has 0 heterocycles.